The Balaban J connectivity index is 3.38. The number of benzene rings is 1. The van der Waals surface area contributed by atoms with Crippen LogP contribution in [0.2, 0.25) is 0 Å². The molecule has 0 aliphatic carbocycles. The van der Waals surface area contributed by atoms with Crippen molar-refractivity contribution in [3.05, 3.63) is 24.3 Å². The average molecular weight is 364 g/mol. The lowest BCUT2D eigenvalue weighted by Gasteiger charge is -2.21. The highest BCUT2D eigenvalue weighted by molar-refractivity contribution is 7.92. The predicted octanol–water partition coefficient (Wildman–Crippen LogP) is 0.372. The first-order chi connectivity index (χ1) is 10.6. The van der Waals surface area contributed by atoms with Gasteiger partial charge in [-0.1, -0.05) is 32.4 Å². The van der Waals surface area contributed by atoms with Crippen LogP contribution in [0.15, 0.2) is 34.1 Å². The lowest BCUT2D eigenvalue weighted by atomic mass is 10.0. The van der Waals surface area contributed by atoms with Crippen molar-refractivity contribution in [3.63, 3.8) is 0 Å². The Hall–Kier alpha value is -1.49. The summed E-state index contributed by atoms with van der Waals surface area (Å²) < 4.78 is 53.0. The van der Waals surface area contributed by atoms with E-state index in [9.17, 15) is 26.7 Å². The molecular weight excluding hydrogens is 344 g/mol. The number of aliphatic carboxylic acids is 1. The first kappa shape index (κ1) is 19.6. The Morgan fingerprint density at radius 2 is 1.61 bits per heavy atom. The van der Waals surface area contributed by atoms with E-state index < -0.39 is 47.8 Å². The summed E-state index contributed by atoms with van der Waals surface area (Å²) in [4.78, 5) is 10.4. The van der Waals surface area contributed by atoms with E-state index in [1.807, 2.05) is 4.72 Å². The van der Waals surface area contributed by atoms with Crippen LogP contribution in [-0.2, 0) is 24.8 Å². The van der Waals surface area contributed by atoms with Crippen LogP contribution in [0.4, 0.5) is 0 Å². The van der Waals surface area contributed by atoms with Crippen LogP contribution in [0, 0.1) is 5.92 Å². The van der Waals surface area contributed by atoms with E-state index in [1.165, 1.54) is 12.1 Å². The molecule has 1 rings (SSSR count). The van der Waals surface area contributed by atoms with E-state index in [0.29, 0.717) is 6.42 Å². The molecule has 1 aromatic carbocycles. The van der Waals surface area contributed by atoms with E-state index >= 15 is 0 Å². The zero-order valence-electron chi connectivity index (χ0n) is 13.0. The Kier molecular flexibility index (Phi) is 6.28. The van der Waals surface area contributed by atoms with Gasteiger partial charge >= 0.3 is 5.97 Å². The maximum Gasteiger partial charge on any atom is 0.322 e. The molecule has 23 heavy (non-hydrogen) atoms. The summed E-state index contributed by atoms with van der Waals surface area (Å²) in [5.74, 6) is -1.78. The third kappa shape index (κ3) is 4.50. The molecule has 10 heteroatoms. The number of hydrogen-bond acceptors (Lipinski definition) is 5. The molecule has 0 amide bonds. The number of carboxylic acid groups (broad SMARTS) is 1. The zero-order valence-corrected chi connectivity index (χ0v) is 14.6. The van der Waals surface area contributed by atoms with Gasteiger partial charge in [0.05, 0.1) is 0 Å². The zero-order chi connectivity index (χ0) is 17.8. The average Bonchev–Trinajstić information content (AvgIpc) is 2.51. The molecular formula is C13H20N2O6S2. The second kappa shape index (κ2) is 7.39. The smallest absolute Gasteiger partial charge is 0.322 e. The quantitative estimate of drug-likeness (QED) is 0.611. The molecule has 0 bridgehead atoms. The summed E-state index contributed by atoms with van der Waals surface area (Å²) >= 11 is 0. The van der Waals surface area contributed by atoms with Crippen molar-refractivity contribution < 1.29 is 26.7 Å². The molecule has 0 saturated carbocycles. The van der Waals surface area contributed by atoms with Gasteiger partial charge in [0.1, 0.15) is 15.8 Å². The Morgan fingerprint density at radius 3 is 2.00 bits per heavy atom. The van der Waals surface area contributed by atoms with Gasteiger partial charge < -0.3 is 5.11 Å². The van der Waals surface area contributed by atoms with E-state index in [4.69, 9.17) is 0 Å². The Morgan fingerprint density at radius 1 is 1.13 bits per heavy atom. The minimum atomic E-state index is -4.33. The number of carbonyl (C=O) groups is 1. The van der Waals surface area contributed by atoms with Crippen LogP contribution in [-0.4, -0.2) is 41.0 Å². The molecule has 1 aromatic rings. The maximum absolute atomic E-state index is 12.5. The summed E-state index contributed by atoms with van der Waals surface area (Å²) in [5, 5.41) is 9.20. The summed E-state index contributed by atoms with van der Waals surface area (Å²) in [6.07, 6.45) is 0.440. The lowest BCUT2D eigenvalue weighted by molar-refractivity contribution is -0.140. The fraction of sp³-hybridized carbons (Fsp3) is 0.462. The second-order valence-corrected chi connectivity index (χ2v) is 8.51. The van der Waals surface area contributed by atoms with Gasteiger partial charge in [0.15, 0.2) is 0 Å². The molecule has 0 fully saturated rings. The molecule has 0 spiro atoms. The van der Waals surface area contributed by atoms with Gasteiger partial charge in [0.2, 0.25) is 20.0 Å². The number of hydrogen-bond donors (Lipinski definition) is 3. The standard InChI is InChI=1S/C13H20N2O6S2/c1-4-9(2)12(13(16)17)15-23(20,21)11-8-6-5-7-10(11)22(18,19)14-3/h5-9,12,14-15H,4H2,1-3H3,(H,16,17)/t9-,12-/m0/s1. The molecule has 2 atom stereocenters. The van der Waals surface area contributed by atoms with Gasteiger partial charge in [-0.25, -0.2) is 21.6 Å². The van der Waals surface area contributed by atoms with Gasteiger partial charge in [-0.2, -0.15) is 4.72 Å². The van der Waals surface area contributed by atoms with Gasteiger partial charge in [-0.3, -0.25) is 4.79 Å². The third-order valence-corrected chi connectivity index (χ3v) is 6.56. The summed E-state index contributed by atoms with van der Waals surface area (Å²) in [6, 6.07) is 3.64. The van der Waals surface area contributed by atoms with Crippen molar-refractivity contribution in [2.75, 3.05) is 7.05 Å². The minimum absolute atomic E-state index is 0.440. The van der Waals surface area contributed by atoms with Crippen molar-refractivity contribution in [2.45, 2.75) is 36.1 Å². The van der Waals surface area contributed by atoms with Crippen LogP contribution in [0.1, 0.15) is 20.3 Å². The van der Waals surface area contributed by atoms with E-state index in [0.717, 1.165) is 19.2 Å². The van der Waals surface area contributed by atoms with Crippen molar-refractivity contribution in [3.8, 4) is 0 Å². The second-order valence-electron chi connectivity index (χ2n) is 4.98. The lowest BCUT2D eigenvalue weighted by Crippen LogP contribution is -2.45. The molecule has 0 saturated heterocycles. The fourth-order valence-electron chi connectivity index (χ4n) is 1.88. The first-order valence-corrected chi connectivity index (χ1v) is 9.81. The Bertz CT molecular complexity index is 773. The number of nitrogens with one attached hydrogen (secondary N) is 2. The van der Waals surface area contributed by atoms with E-state index in [-0.39, 0.29) is 0 Å². The highest BCUT2D eigenvalue weighted by Gasteiger charge is 2.32. The molecule has 0 aliphatic heterocycles. The highest BCUT2D eigenvalue weighted by Crippen LogP contribution is 2.21. The summed E-state index contributed by atoms with van der Waals surface area (Å²) in [6.45, 7) is 3.33. The molecule has 0 aliphatic rings. The van der Waals surface area contributed by atoms with Crippen LogP contribution >= 0.6 is 0 Å². The van der Waals surface area contributed by atoms with Gasteiger partial charge in [0, 0.05) is 0 Å². The van der Waals surface area contributed by atoms with Crippen LogP contribution in [0.3, 0.4) is 0 Å². The minimum Gasteiger partial charge on any atom is -0.480 e. The highest BCUT2D eigenvalue weighted by atomic mass is 32.2. The predicted molar refractivity (Wildman–Crippen MR) is 83.9 cm³/mol. The van der Waals surface area contributed by atoms with Crippen molar-refractivity contribution in [1.82, 2.24) is 9.44 Å². The van der Waals surface area contributed by atoms with E-state index in [1.54, 1.807) is 13.8 Å². The maximum atomic E-state index is 12.5. The molecule has 3 N–H and O–H groups in total. The molecule has 0 heterocycles. The number of carboxylic acids is 1. The van der Waals surface area contributed by atoms with Crippen LogP contribution < -0.4 is 9.44 Å². The third-order valence-electron chi connectivity index (χ3n) is 3.46. The van der Waals surface area contributed by atoms with Gasteiger partial charge in [-0.15, -0.1) is 0 Å². The molecule has 130 valence electrons. The summed E-state index contributed by atoms with van der Waals surface area (Å²) in [7, 11) is -7.19. The topological polar surface area (TPSA) is 130 Å². The molecule has 0 radical (unpaired) electrons. The normalized spacial score (nSPS) is 15.1. The SMILES string of the molecule is CC[C@H](C)[C@H](NS(=O)(=O)c1ccccc1S(=O)(=O)NC)C(=O)O. The van der Waals surface area contributed by atoms with Gasteiger partial charge in [-0.05, 0) is 25.1 Å². The molecule has 0 aromatic heterocycles. The van der Waals surface area contributed by atoms with Crippen molar-refractivity contribution in [2.24, 2.45) is 5.92 Å². The largest absolute Gasteiger partial charge is 0.480 e. The summed E-state index contributed by atoms with van der Waals surface area (Å²) in [5.41, 5.74) is 0. The number of sulfonamides is 2. The molecule has 8 nitrogen and oxygen atoms in total. The van der Waals surface area contributed by atoms with Crippen molar-refractivity contribution in [1.29, 1.82) is 0 Å². The van der Waals surface area contributed by atoms with E-state index in [2.05, 4.69) is 4.72 Å². The van der Waals surface area contributed by atoms with Crippen molar-refractivity contribution >= 4 is 26.0 Å². The Labute approximate surface area is 136 Å². The number of rotatable bonds is 8. The van der Waals surface area contributed by atoms with Crippen LogP contribution in [0.25, 0.3) is 0 Å². The van der Waals surface area contributed by atoms with Gasteiger partial charge in [0.25, 0.3) is 0 Å². The van der Waals surface area contributed by atoms with Crippen LogP contribution in [0.5, 0.6) is 0 Å². The fourth-order valence-corrected chi connectivity index (χ4v) is 4.73. The first-order valence-electron chi connectivity index (χ1n) is 6.84. The monoisotopic (exact) mass is 364 g/mol. The molecule has 0 unspecified atom stereocenters.